The third-order valence-corrected chi connectivity index (χ3v) is 3.39. The van der Waals surface area contributed by atoms with Crippen LogP contribution >= 0.6 is 0 Å². The van der Waals surface area contributed by atoms with Crippen LogP contribution in [0.25, 0.3) is 0 Å². The summed E-state index contributed by atoms with van der Waals surface area (Å²) in [4.78, 5) is 0. The Morgan fingerprint density at radius 2 is 2.24 bits per heavy atom. The van der Waals surface area contributed by atoms with Gasteiger partial charge in [-0.2, -0.15) is 5.26 Å². The average molecular weight is 233 g/mol. The molecule has 2 nitrogen and oxygen atoms in total. The van der Waals surface area contributed by atoms with Crippen LogP contribution in [0.15, 0.2) is 18.2 Å². The van der Waals surface area contributed by atoms with E-state index in [9.17, 15) is 4.39 Å². The number of benzene rings is 1. The number of hydrogen-bond acceptors (Lipinski definition) is 2. The van der Waals surface area contributed by atoms with E-state index in [0.29, 0.717) is 13.0 Å². The first-order valence-corrected chi connectivity index (χ1v) is 6.01. The molecule has 0 unspecified atom stereocenters. The van der Waals surface area contributed by atoms with Crippen LogP contribution < -0.4 is 4.74 Å². The Kier molecular flexibility index (Phi) is 3.33. The molecule has 2 rings (SSSR count). The predicted octanol–water partition coefficient (Wildman–Crippen LogP) is 3.46. The van der Waals surface area contributed by atoms with Crippen molar-refractivity contribution in [2.75, 3.05) is 6.61 Å². The van der Waals surface area contributed by atoms with Crippen LogP contribution in [0, 0.1) is 22.6 Å². The van der Waals surface area contributed by atoms with E-state index in [-0.39, 0.29) is 17.0 Å². The fraction of sp³-hybridized carbons (Fsp3) is 0.500. The van der Waals surface area contributed by atoms with Crippen LogP contribution in [-0.2, 0) is 6.42 Å². The normalized spacial score (nSPS) is 17.0. The Balaban J connectivity index is 2.12. The summed E-state index contributed by atoms with van der Waals surface area (Å²) in [5, 5.41) is 9.14. The maximum absolute atomic E-state index is 13.6. The quantitative estimate of drug-likeness (QED) is 0.797. The molecule has 0 atom stereocenters. The smallest absolute Gasteiger partial charge is 0.165 e. The van der Waals surface area contributed by atoms with Crippen LogP contribution in [-0.4, -0.2) is 6.61 Å². The maximum Gasteiger partial charge on any atom is 0.165 e. The molecule has 0 N–H and O–H groups in total. The molecule has 0 amide bonds. The van der Waals surface area contributed by atoms with Gasteiger partial charge in [-0.1, -0.05) is 12.5 Å². The lowest BCUT2D eigenvalue weighted by Gasteiger charge is -2.35. The second-order valence-corrected chi connectivity index (χ2v) is 4.62. The second kappa shape index (κ2) is 4.75. The summed E-state index contributed by atoms with van der Waals surface area (Å²) < 4.78 is 18.8. The van der Waals surface area contributed by atoms with E-state index in [1.807, 2.05) is 13.0 Å². The molecular formula is C14H16FNO. The van der Waals surface area contributed by atoms with Crippen molar-refractivity contribution in [3.63, 3.8) is 0 Å². The molecule has 0 spiro atoms. The van der Waals surface area contributed by atoms with Crippen molar-refractivity contribution >= 4 is 0 Å². The summed E-state index contributed by atoms with van der Waals surface area (Å²) in [5.74, 6) is -0.0485. The molecule has 90 valence electrons. The minimum atomic E-state index is -0.336. The van der Waals surface area contributed by atoms with Gasteiger partial charge in [0, 0.05) is 0 Å². The summed E-state index contributed by atoms with van der Waals surface area (Å²) in [6, 6.07) is 7.36. The Morgan fingerprint density at radius 3 is 2.71 bits per heavy atom. The number of rotatable bonds is 4. The van der Waals surface area contributed by atoms with E-state index in [1.165, 1.54) is 6.07 Å². The van der Waals surface area contributed by atoms with Gasteiger partial charge in [0.15, 0.2) is 11.6 Å². The summed E-state index contributed by atoms with van der Waals surface area (Å²) in [5.41, 5.74) is 0.631. The zero-order valence-electron chi connectivity index (χ0n) is 10.0. The molecule has 0 saturated heterocycles. The average Bonchev–Trinajstić information content (AvgIpc) is 2.27. The van der Waals surface area contributed by atoms with Gasteiger partial charge in [0.25, 0.3) is 0 Å². The van der Waals surface area contributed by atoms with E-state index in [1.54, 1.807) is 6.07 Å². The monoisotopic (exact) mass is 233 g/mol. The van der Waals surface area contributed by atoms with Crippen LogP contribution in [0.2, 0.25) is 0 Å². The lowest BCUT2D eigenvalue weighted by atomic mass is 9.66. The minimum absolute atomic E-state index is 0.250. The molecule has 0 radical (unpaired) electrons. The van der Waals surface area contributed by atoms with Crippen molar-refractivity contribution in [1.82, 2.24) is 0 Å². The predicted molar refractivity (Wildman–Crippen MR) is 63.2 cm³/mol. The van der Waals surface area contributed by atoms with Crippen molar-refractivity contribution in [1.29, 1.82) is 5.26 Å². The zero-order chi connectivity index (χ0) is 12.3. The molecule has 3 heteroatoms. The van der Waals surface area contributed by atoms with Crippen molar-refractivity contribution in [3.05, 3.63) is 29.6 Å². The Morgan fingerprint density at radius 1 is 1.47 bits per heavy atom. The highest BCUT2D eigenvalue weighted by atomic mass is 19.1. The summed E-state index contributed by atoms with van der Waals surface area (Å²) in [7, 11) is 0. The van der Waals surface area contributed by atoms with Crippen molar-refractivity contribution in [2.24, 2.45) is 5.41 Å². The van der Waals surface area contributed by atoms with Gasteiger partial charge in [0.2, 0.25) is 0 Å². The van der Waals surface area contributed by atoms with Crippen molar-refractivity contribution in [2.45, 2.75) is 32.6 Å². The Bertz CT molecular complexity index is 446. The van der Waals surface area contributed by atoms with Gasteiger partial charge in [-0.25, -0.2) is 4.39 Å². The van der Waals surface area contributed by atoms with E-state index in [0.717, 1.165) is 24.8 Å². The largest absolute Gasteiger partial charge is 0.491 e. The van der Waals surface area contributed by atoms with Gasteiger partial charge >= 0.3 is 0 Å². The third-order valence-electron chi connectivity index (χ3n) is 3.39. The first-order valence-electron chi connectivity index (χ1n) is 6.01. The van der Waals surface area contributed by atoms with Crippen LogP contribution in [0.3, 0.4) is 0 Å². The zero-order valence-corrected chi connectivity index (χ0v) is 10.0. The number of halogens is 1. The maximum atomic E-state index is 13.6. The summed E-state index contributed by atoms with van der Waals surface area (Å²) in [6.07, 6.45) is 3.61. The van der Waals surface area contributed by atoms with E-state index in [4.69, 9.17) is 10.00 Å². The van der Waals surface area contributed by atoms with Gasteiger partial charge in [-0.15, -0.1) is 0 Å². The topological polar surface area (TPSA) is 33.0 Å². The highest BCUT2D eigenvalue weighted by molar-refractivity contribution is 5.31. The summed E-state index contributed by atoms with van der Waals surface area (Å²) >= 11 is 0. The third kappa shape index (κ3) is 2.41. The first-order chi connectivity index (χ1) is 8.19. The molecule has 1 saturated carbocycles. The van der Waals surface area contributed by atoms with E-state index >= 15 is 0 Å². The number of ether oxygens (including phenoxy) is 1. The van der Waals surface area contributed by atoms with Gasteiger partial charge < -0.3 is 4.74 Å². The van der Waals surface area contributed by atoms with Crippen LogP contribution in [0.5, 0.6) is 5.75 Å². The molecular weight excluding hydrogens is 217 g/mol. The molecule has 0 aliphatic heterocycles. The molecule has 0 heterocycles. The van der Waals surface area contributed by atoms with Crippen LogP contribution in [0.4, 0.5) is 4.39 Å². The second-order valence-electron chi connectivity index (χ2n) is 4.62. The molecule has 0 aromatic heterocycles. The van der Waals surface area contributed by atoms with Gasteiger partial charge in [-0.3, -0.25) is 0 Å². The Hall–Kier alpha value is -1.56. The lowest BCUT2D eigenvalue weighted by Crippen LogP contribution is -2.29. The molecule has 1 aliphatic rings. The first kappa shape index (κ1) is 11.9. The summed E-state index contributed by atoms with van der Waals surface area (Å²) in [6.45, 7) is 2.28. The molecule has 0 bridgehead atoms. The number of nitriles is 1. The van der Waals surface area contributed by atoms with E-state index in [2.05, 4.69) is 6.07 Å². The fourth-order valence-electron chi connectivity index (χ4n) is 2.25. The standard InChI is InChI=1S/C14H16FNO/c1-2-17-13-5-4-11(8-12(13)15)9-14(10-16)6-3-7-14/h4-5,8H,2-3,6-7,9H2,1H3. The SMILES string of the molecule is CCOc1ccc(CC2(C#N)CCC2)cc1F. The van der Waals surface area contributed by atoms with Crippen molar-refractivity contribution in [3.8, 4) is 11.8 Å². The molecule has 1 aliphatic carbocycles. The minimum Gasteiger partial charge on any atom is -0.491 e. The highest BCUT2D eigenvalue weighted by Crippen LogP contribution is 2.43. The molecule has 1 aromatic carbocycles. The van der Waals surface area contributed by atoms with Gasteiger partial charge in [0.05, 0.1) is 18.1 Å². The van der Waals surface area contributed by atoms with Gasteiger partial charge in [0.1, 0.15) is 0 Å². The molecule has 17 heavy (non-hydrogen) atoms. The van der Waals surface area contributed by atoms with E-state index < -0.39 is 0 Å². The van der Waals surface area contributed by atoms with Crippen molar-refractivity contribution < 1.29 is 9.13 Å². The fourth-order valence-corrected chi connectivity index (χ4v) is 2.25. The Labute approximate surface area is 101 Å². The highest BCUT2D eigenvalue weighted by Gasteiger charge is 2.37. The molecule has 1 fully saturated rings. The number of hydrogen-bond donors (Lipinski definition) is 0. The number of nitrogens with zero attached hydrogens (tertiary/aromatic N) is 1. The lowest BCUT2D eigenvalue weighted by molar-refractivity contribution is 0.213. The van der Waals surface area contributed by atoms with Crippen LogP contribution in [0.1, 0.15) is 31.7 Å². The van der Waals surface area contributed by atoms with Gasteiger partial charge in [-0.05, 0) is 43.9 Å². The molecule has 1 aromatic rings.